The van der Waals surface area contributed by atoms with Gasteiger partial charge >= 0.3 is 5.97 Å². The highest BCUT2D eigenvalue weighted by atomic mass is 16.5. The van der Waals surface area contributed by atoms with Crippen LogP contribution in [0.3, 0.4) is 0 Å². The first-order valence-electron chi connectivity index (χ1n) is 15.2. The summed E-state index contributed by atoms with van der Waals surface area (Å²) < 4.78 is 4.92. The van der Waals surface area contributed by atoms with Crippen LogP contribution in [0.5, 0.6) is 0 Å². The average Bonchev–Trinajstić information content (AvgIpc) is 3.18. The SMILES string of the molecule is COC(=O)CC[C@@H](C)C1CCC2C3C(CC[C@@]21C)[C@@]1(C)CC[C@H](NCCNC(C)C)C[C@]1(C)C[C@H]3O. The molecule has 5 nitrogen and oxygen atoms in total. The lowest BCUT2D eigenvalue weighted by Crippen LogP contribution is -2.63. The predicted molar refractivity (Wildman–Crippen MR) is 147 cm³/mol. The van der Waals surface area contributed by atoms with Gasteiger partial charge in [0.25, 0.3) is 0 Å². The molecule has 4 unspecified atom stereocenters. The highest BCUT2D eigenvalue weighted by Crippen LogP contribution is 2.71. The molecule has 0 aromatic rings. The Morgan fingerprint density at radius 3 is 2.44 bits per heavy atom. The summed E-state index contributed by atoms with van der Waals surface area (Å²) in [6, 6.07) is 1.11. The number of fused-ring (bicyclic) bond motifs is 5. The fraction of sp³-hybridized carbons (Fsp3) is 0.968. The molecule has 3 N–H and O–H groups in total. The largest absolute Gasteiger partial charge is 0.469 e. The van der Waals surface area contributed by atoms with Crippen molar-refractivity contribution in [2.75, 3.05) is 20.2 Å². The summed E-state index contributed by atoms with van der Waals surface area (Å²) >= 11 is 0. The maximum atomic E-state index is 11.8. The molecule has 0 radical (unpaired) electrons. The molecule has 4 saturated carbocycles. The highest BCUT2D eigenvalue weighted by molar-refractivity contribution is 5.69. The minimum atomic E-state index is -0.178. The Morgan fingerprint density at radius 1 is 1.00 bits per heavy atom. The monoisotopic (exact) mass is 504 g/mol. The summed E-state index contributed by atoms with van der Waals surface area (Å²) in [5.74, 6) is 2.80. The van der Waals surface area contributed by atoms with E-state index in [1.54, 1.807) is 0 Å². The van der Waals surface area contributed by atoms with Gasteiger partial charge in [-0.05, 0) is 104 Å². The second kappa shape index (κ2) is 10.8. The van der Waals surface area contributed by atoms with Crippen LogP contribution in [0.15, 0.2) is 0 Å². The fourth-order valence-electron chi connectivity index (χ4n) is 10.1. The lowest BCUT2D eigenvalue weighted by Gasteiger charge is -2.66. The topological polar surface area (TPSA) is 70.6 Å². The molecule has 0 aromatic carbocycles. The maximum absolute atomic E-state index is 11.8. The van der Waals surface area contributed by atoms with Crippen molar-refractivity contribution in [2.24, 2.45) is 45.8 Å². The van der Waals surface area contributed by atoms with Gasteiger partial charge in [-0.25, -0.2) is 0 Å². The molecule has 0 spiro atoms. The number of rotatable bonds is 9. The van der Waals surface area contributed by atoms with Crippen molar-refractivity contribution in [1.29, 1.82) is 0 Å². The van der Waals surface area contributed by atoms with E-state index < -0.39 is 0 Å². The molecule has 4 aliphatic rings. The normalized spacial score (nSPS) is 45.0. The van der Waals surface area contributed by atoms with Gasteiger partial charge < -0.3 is 20.5 Å². The number of carbonyl (C=O) groups excluding carboxylic acids is 1. The van der Waals surface area contributed by atoms with Gasteiger partial charge in [0, 0.05) is 31.6 Å². The molecule has 4 rings (SSSR count). The molecule has 0 saturated heterocycles. The smallest absolute Gasteiger partial charge is 0.305 e. The van der Waals surface area contributed by atoms with Crippen LogP contribution < -0.4 is 10.6 Å². The average molecular weight is 505 g/mol. The summed E-state index contributed by atoms with van der Waals surface area (Å²) in [4.78, 5) is 11.8. The van der Waals surface area contributed by atoms with Crippen molar-refractivity contribution in [1.82, 2.24) is 10.6 Å². The van der Waals surface area contributed by atoms with Crippen LogP contribution in [0.25, 0.3) is 0 Å². The van der Waals surface area contributed by atoms with Crippen molar-refractivity contribution in [3.63, 3.8) is 0 Å². The van der Waals surface area contributed by atoms with E-state index >= 15 is 0 Å². The number of esters is 1. The standard InChI is InChI=1S/C31H56N2O3/c1-20(2)32-16-17-33-22-12-15-31(6)25-13-14-30(5)23(21(3)8-11-27(35)36-7)9-10-24(30)28(25)26(34)19-29(31,4)18-22/h20-26,28,32-34H,8-19H2,1-7H3/t21-,22+,23?,24?,25?,26-,28?,29-,30-,31-/m1/s1. The van der Waals surface area contributed by atoms with Crippen LogP contribution in [0.4, 0.5) is 0 Å². The van der Waals surface area contributed by atoms with Crippen LogP contribution >= 0.6 is 0 Å². The number of hydrogen-bond donors (Lipinski definition) is 3. The molecule has 4 aliphatic carbocycles. The molecule has 4 fully saturated rings. The van der Waals surface area contributed by atoms with Crippen LogP contribution in [-0.2, 0) is 9.53 Å². The molecule has 0 aliphatic heterocycles. The summed E-state index contributed by atoms with van der Waals surface area (Å²) in [6.45, 7) is 16.5. The Hall–Kier alpha value is -0.650. The van der Waals surface area contributed by atoms with E-state index in [4.69, 9.17) is 4.74 Å². The molecule has 5 heteroatoms. The molecule has 36 heavy (non-hydrogen) atoms. The second-order valence-electron chi connectivity index (χ2n) is 14.4. The number of aliphatic hydroxyl groups excluding tert-OH is 1. The summed E-state index contributed by atoms with van der Waals surface area (Å²) in [5, 5.41) is 19.2. The van der Waals surface area contributed by atoms with Crippen LogP contribution in [0, 0.1) is 45.8 Å². The Bertz CT molecular complexity index is 773. The zero-order chi connectivity index (χ0) is 26.3. The maximum Gasteiger partial charge on any atom is 0.305 e. The summed E-state index contributed by atoms with van der Waals surface area (Å²) in [6.07, 6.45) is 11.0. The van der Waals surface area contributed by atoms with E-state index in [0.717, 1.165) is 25.9 Å². The van der Waals surface area contributed by atoms with Gasteiger partial charge in [-0.15, -0.1) is 0 Å². The zero-order valence-corrected chi connectivity index (χ0v) is 24.4. The number of ether oxygens (including phenoxy) is 1. The third-order valence-corrected chi connectivity index (χ3v) is 12.2. The van der Waals surface area contributed by atoms with Crippen LogP contribution in [-0.4, -0.2) is 49.5 Å². The van der Waals surface area contributed by atoms with E-state index in [-0.39, 0.29) is 17.5 Å². The molecule has 0 aromatic heterocycles. The van der Waals surface area contributed by atoms with E-state index in [0.29, 0.717) is 58.9 Å². The molecular weight excluding hydrogens is 448 g/mol. The molecule has 0 amide bonds. The first-order chi connectivity index (χ1) is 16.9. The van der Waals surface area contributed by atoms with Gasteiger partial charge in [0.2, 0.25) is 0 Å². The van der Waals surface area contributed by atoms with Crippen molar-refractivity contribution in [3.05, 3.63) is 0 Å². The second-order valence-corrected chi connectivity index (χ2v) is 14.4. The van der Waals surface area contributed by atoms with Crippen molar-refractivity contribution in [2.45, 2.75) is 124 Å². The zero-order valence-electron chi connectivity index (χ0n) is 24.4. The van der Waals surface area contributed by atoms with Crippen molar-refractivity contribution < 1.29 is 14.6 Å². The summed E-state index contributed by atoms with van der Waals surface area (Å²) in [5.41, 5.74) is 0.819. The Morgan fingerprint density at radius 2 is 1.75 bits per heavy atom. The third-order valence-electron chi connectivity index (χ3n) is 12.2. The van der Waals surface area contributed by atoms with Gasteiger partial charge in [0.05, 0.1) is 13.2 Å². The molecule has 0 heterocycles. The Kier molecular flexibility index (Phi) is 8.54. The lowest BCUT2D eigenvalue weighted by molar-refractivity contribution is -0.201. The first kappa shape index (κ1) is 28.4. The third kappa shape index (κ3) is 5.02. The van der Waals surface area contributed by atoms with Crippen LogP contribution in [0.1, 0.15) is 106 Å². The number of methoxy groups -OCH3 is 1. The number of hydrogen-bond acceptors (Lipinski definition) is 5. The molecular formula is C31H56N2O3. The highest BCUT2D eigenvalue weighted by Gasteiger charge is 2.65. The molecule has 208 valence electrons. The number of aliphatic hydroxyl groups is 1. The number of nitrogens with one attached hydrogen (secondary N) is 2. The van der Waals surface area contributed by atoms with Crippen molar-refractivity contribution >= 4 is 5.97 Å². The van der Waals surface area contributed by atoms with Gasteiger partial charge in [0.15, 0.2) is 0 Å². The molecule has 10 atom stereocenters. The molecule has 0 bridgehead atoms. The predicted octanol–water partition coefficient (Wildman–Crippen LogP) is 5.55. The fourth-order valence-corrected chi connectivity index (χ4v) is 10.1. The van der Waals surface area contributed by atoms with E-state index in [2.05, 4.69) is 52.2 Å². The van der Waals surface area contributed by atoms with Crippen LogP contribution in [0.2, 0.25) is 0 Å². The van der Waals surface area contributed by atoms with Gasteiger partial charge in [-0.2, -0.15) is 0 Å². The number of carbonyl (C=O) groups is 1. The van der Waals surface area contributed by atoms with Gasteiger partial charge in [-0.1, -0.05) is 41.5 Å². The first-order valence-corrected chi connectivity index (χ1v) is 15.2. The lowest BCUT2D eigenvalue weighted by atomic mass is 9.39. The summed E-state index contributed by atoms with van der Waals surface area (Å²) in [7, 11) is 1.49. The van der Waals surface area contributed by atoms with Gasteiger partial charge in [-0.3, -0.25) is 4.79 Å². The van der Waals surface area contributed by atoms with Gasteiger partial charge in [0.1, 0.15) is 0 Å². The van der Waals surface area contributed by atoms with E-state index in [1.165, 1.54) is 52.1 Å². The van der Waals surface area contributed by atoms with E-state index in [1.807, 2.05) is 0 Å². The minimum absolute atomic E-state index is 0.0820. The quantitative estimate of drug-likeness (QED) is 0.284. The van der Waals surface area contributed by atoms with Crippen molar-refractivity contribution in [3.8, 4) is 0 Å². The van der Waals surface area contributed by atoms with E-state index in [9.17, 15) is 9.90 Å². The Labute approximate surface area is 221 Å². The Balaban J connectivity index is 1.45. The minimum Gasteiger partial charge on any atom is -0.469 e.